The monoisotopic (exact) mass is 422 g/mol. The van der Waals surface area contributed by atoms with E-state index in [9.17, 15) is 10.1 Å². The van der Waals surface area contributed by atoms with Crippen LogP contribution in [0.3, 0.4) is 0 Å². The van der Waals surface area contributed by atoms with Gasteiger partial charge in [-0.1, -0.05) is 17.7 Å². The molecule has 0 spiro atoms. The minimum atomic E-state index is -0.586. The van der Waals surface area contributed by atoms with Crippen molar-refractivity contribution in [2.75, 3.05) is 16.8 Å². The van der Waals surface area contributed by atoms with E-state index in [4.69, 9.17) is 23.1 Å². The number of nitrogen functional groups attached to an aromatic ring is 2. The molecular formula is C18H15ClN10O. The predicted molar refractivity (Wildman–Crippen MR) is 112 cm³/mol. The van der Waals surface area contributed by atoms with Crippen LogP contribution in [-0.2, 0) is 0 Å². The topological polar surface area (TPSA) is 177 Å². The number of aromatic nitrogens is 6. The number of nitrogens with one attached hydrogen (secondary N) is 2. The number of fused-ring (bicyclic) bond motifs is 1. The van der Waals surface area contributed by atoms with E-state index < -0.39 is 6.04 Å². The Bertz CT molecular complexity index is 1360. The second kappa shape index (κ2) is 7.34. The summed E-state index contributed by atoms with van der Waals surface area (Å²) >= 11 is 6.26. The Labute approximate surface area is 174 Å². The molecule has 0 radical (unpaired) electrons. The van der Waals surface area contributed by atoms with Gasteiger partial charge in [0.1, 0.15) is 23.3 Å². The average Bonchev–Trinajstić information content (AvgIpc) is 3.21. The lowest BCUT2D eigenvalue weighted by Gasteiger charge is -2.20. The maximum atomic E-state index is 13.3. The SMILES string of the molecule is CC(Nc1nc(N)nc(N)c1C#N)c1nc2cccc(Cl)c2c(=O)n1-c1cn[nH]c1. The molecule has 0 bridgehead atoms. The number of anilines is 3. The quantitative estimate of drug-likeness (QED) is 0.381. The molecule has 1 atom stereocenters. The molecule has 4 aromatic rings. The standard InChI is InChI=1S/C18H15ClN10O/c1-8(25-15-10(5-20)14(21)27-18(22)28-15)16-26-12-4-2-3-11(19)13(12)17(30)29(16)9-6-23-24-7-9/h2-4,6-8H,1H3,(H,23,24)(H5,21,22,25,27,28). The zero-order valence-electron chi connectivity index (χ0n) is 15.6. The molecule has 11 nitrogen and oxygen atoms in total. The fourth-order valence-electron chi connectivity index (χ4n) is 3.09. The Kier molecular flexibility index (Phi) is 4.69. The highest BCUT2D eigenvalue weighted by molar-refractivity contribution is 6.35. The molecule has 30 heavy (non-hydrogen) atoms. The molecule has 6 N–H and O–H groups in total. The van der Waals surface area contributed by atoms with Crippen molar-refractivity contribution < 1.29 is 0 Å². The summed E-state index contributed by atoms with van der Waals surface area (Å²) in [5, 5.41) is 19.6. The van der Waals surface area contributed by atoms with Gasteiger partial charge >= 0.3 is 0 Å². The van der Waals surface area contributed by atoms with Crippen LogP contribution < -0.4 is 22.3 Å². The van der Waals surface area contributed by atoms with E-state index in [2.05, 4.69) is 30.5 Å². The first-order valence-electron chi connectivity index (χ1n) is 8.70. The molecule has 0 aliphatic heterocycles. The number of halogens is 1. The molecular weight excluding hydrogens is 408 g/mol. The van der Waals surface area contributed by atoms with Crippen molar-refractivity contribution in [2.45, 2.75) is 13.0 Å². The number of aromatic amines is 1. The van der Waals surface area contributed by atoms with Gasteiger partial charge in [-0.2, -0.15) is 20.3 Å². The Balaban J connectivity index is 1.92. The lowest BCUT2D eigenvalue weighted by molar-refractivity contribution is 0.731. The summed E-state index contributed by atoms with van der Waals surface area (Å²) in [7, 11) is 0. The second-order valence-electron chi connectivity index (χ2n) is 6.37. The third-order valence-electron chi connectivity index (χ3n) is 4.42. The normalized spacial score (nSPS) is 11.9. The van der Waals surface area contributed by atoms with Gasteiger partial charge in [0.05, 0.1) is 33.9 Å². The van der Waals surface area contributed by atoms with E-state index in [0.29, 0.717) is 17.0 Å². The molecule has 0 amide bonds. The Hall–Kier alpha value is -4.17. The summed E-state index contributed by atoms with van der Waals surface area (Å²) in [6.45, 7) is 1.75. The maximum absolute atomic E-state index is 13.3. The summed E-state index contributed by atoms with van der Waals surface area (Å²) in [5.74, 6) is 0.335. The van der Waals surface area contributed by atoms with Crippen molar-refractivity contribution in [3.05, 3.63) is 57.4 Å². The Morgan fingerprint density at radius 2 is 2.10 bits per heavy atom. The molecule has 3 heterocycles. The zero-order valence-corrected chi connectivity index (χ0v) is 16.3. The van der Waals surface area contributed by atoms with Crippen molar-refractivity contribution in [3.8, 4) is 11.8 Å². The summed E-state index contributed by atoms with van der Waals surface area (Å²) in [5.41, 5.74) is 12.0. The van der Waals surface area contributed by atoms with Crippen LogP contribution in [0, 0.1) is 11.3 Å². The third-order valence-corrected chi connectivity index (χ3v) is 4.74. The van der Waals surface area contributed by atoms with E-state index in [0.717, 1.165) is 0 Å². The number of hydrogen-bond donors (Lipinski definition) is 4. The van der Waals surface area contributed by atoms with Crippen LogP contribution >= 0.6 is 11.6 Å². The van der Waals surface area contributed by atoms with Crippen LogP contribution in [0.15, 0.2) is 35.4 Å². The number of nitrogens with zero attached hydrogens (tertiary/aromatic N) is 6. The number of benzene rings is 1. The third kappa shape index (κ3) is 3.15. The number of nitriles is 1. The highest BCUT2D eigenvalue weighted by Gasteiger charge is 2.22. The summed E-state index contributed by atoms with van der Waals surface area (Å²) in [6.07, 6.45) is 3.05. The van der Waals surface area contributed by atoms with Gasteiger partial charge in [0.2, 0.25) is 5.95 Å². The van der Waals surface area contributed by atoms with E-state index in [1.165, 1.54) is 10.8 Å². The largest absolute Gasteiger partial charge is 0.382 e. The maximum Gasteiger partial charge on any atom is 0.267 e. The van der Waals surface area contributed by atoms with Crippen molar-refractivity contribution >= 4 is 40.1 Å². The minimum absolute atomic E-state index is 0.0390. The fourth-order valence-corrected chi connectivity index (χ4v) is 3.34. The van der Waals surface area contributed by atoms with Gasteiger partial charge in [0.25, 0.3) is 5.56 Å². The van der Waals surface area contributed by atoms with Gasteiger partial charge in [0, 0.05) is 6.20 Å². The fraction of sp³-hybridized carbons (Fsp3) is 0.111. The first-order chi connectivity index (χ1) is 14.4. The molecule has 0 fully saturated rings. The highest BCUT2D eigenvalue weighted by atomic mass is 35.5. The number of nitrogens with two attached hydrogens (primary N) is 2. The van der Waals surface area contributed by atoms with Crippen LogP contribution in [0.5, 0.6) is 0 Å². The van der Waals surface area contributed by atoms with Crippen LogP contribution in [0.2, 0.25) is 5.02 Å². The summed E-state index contributed by atoms with van der Waals surface area (Å²) in [4.78, 5) is 25.8. The molecule has 1 aromatic carbocycles. The first-order valence-corrected chi connectivity index (χ1v) is 9.08. The van der Waals surface area contributed by atoms with Crippen LogP contribution in [0.25, 0.3) is 16.6 Å². The number of rotatable bonds is 4. The molecule has 0 saturated heterocycles. The van der Waals surface area contributed by atoms with E-state index in [1.54, 1.807) is 31.3 Å². The highest BCUT2D eigenvalue weighted by Crippen LogP contribution is 2.26. The van der Waals surface area contributed by atoms with Crippen LogP contribution in [0.4, 0.5) is 17.6 Å². The molecule has 0 saturated carbocycles. The van der Waals surface area contributed by atoms with Gasteiger partial charge in [-0.3, -0.25) is 14.5 Å². The summed E-state index contributed by atoms with van der Waals surface area (Å²) in [6, 6.07) is 6.39. The zero-order chi connectivity index (χ0) is 21.4. The van der Waals surface area contributed by atoms with Gasteiger partial charge in [-0.25, -0.2) is 4.98 Å². The van der Waals surface area contributed by atoms with Gasteiger partial charge in [-0.05, 0) is 19.1 Å². The van der Waals surface area contributed by atoms with Gasteiger partial charge < -0.3 is 16.8 Å². The average molecular weight is 423 g/mol. The molecule has 0 aliphatic rings. The lowest BCUT2D eigenvalue weighted by atomic mass is 10.2. The van der Waals surface area contributed by atoms with Crippen molar-refractivity contribution in [2.24, 2.45) is 0 Å². The minimum Gasteiger partial charge on any atom is -0.382 e. The molecule has 150 valence electrons. The Morgan fingerprint density at radius 1 is 1.30 bits per heavy atom. The second-order valence-corrected chi connectivity index (χ2v) is 6.78. The van der Waals surface area contributed by atoms with Crippen molar-refractivity contribution in [1.29, 1.82) is 5.26 Å². The molecule has 4 rings (SSSR count). The molecule has 0 aliphatic carbocycles. The van der Waals surface area contributed by atoms with E-state index in [1.807, 2.05) is 6.07 Å². The molecule has 3 aromatic heterocycles. The lowest BCUT2D eigenvalue weighted by Crippen LogP contribution is -2.27. The van der Waals surface area contributed by atoms with Gasteiger partial charge in [-0.15, -0.1) is 0 Å². The van der Waals surface area contributed by atoms with Crippen LogP contribution in [0.1, 0.15) is 24.4 Å². The smallest absolute Gasteiger partial charge is 0.267 e. The first kappa shape index (κ1) is 19.2. The van der Waals surface area contributed by atoms with Gasteiger partial charge in [0.15, 0.2) is 5.82 Å². The molecule has 1 unspecified atom stereocenters. The van der Waals surface area contributed by atoms with Crippen molar-refractivity contribution in [1.82, 2.24) is 29.7 Å². The Morgan fingerprint density at radius 3 is 2.80 bits per heavy atom. The van der Waals surface area contributed by atoms with Crippen LogP contribution in [-0.4, -0.2) is 29.7 Å². The number of H-pyrrole nitrogens is 1. The summed E-state index contributed by atoms with van der Waals surface area (Å²) < 4.78 is 1.38. The number of hydrogen-bond acceptors (Lipinski definition) is 9. The van der Waals surface area contributed by atoms with E-state index in [-0.39, 0.29) is 39.1 Å². The van der Waals surface area contributed by atoms with Crippen molar-refractivity contribution in [3.63, 3.8) is 0 Å². The van der Waals surface area contributed by atoms with E-state index >= 15 is 0 Å². The predicted octanol–water partition coefficient (Wildman–Crippen LogP) is 1.76. The molecule has 12 heteroatoms.